The number of carboxylic acid groups (broad SMARTS) is 2. The van der Waals surface area contributed by atoms with Crippen molar-refractivity contribution in [1.29, 1.82) is 0 Å². The van der Waals surface area contributed by atoms with Crippen molar-refractivity contribution in [2.75, 3.05) is 0 Å². The summed E-state index contributed by atoms with van der Waals surface area (Å²) in [4.78, 5) is 23.3. The van der Waals surface area contributed by atoms with Crippen molar-refractivity contribution in [3.8, 4) is 0 Å². The minimum atomic E-state index is -2.16. The van der Waals surface area contributed by atoms with E-state index in [4.69, 9.17) is 0 Å². The maximum absolute atomic E-state index is 11.7. The summed E-state index contributed by atoms with van der Waals surface area (Å²) in [6, 6.07) is 0. The predicted octanol–water partition coefficient (Wildman–Crippen LogP) is 5.78. The van der Waals surface area contributed by atoms with Crippen LogP contribution < -0.4 is 0 Å². The van der Waals surface area contributed by atoms with E-state index in [1.54, 1.807) is 0 Å². The summed E-state index contributed by atoms with van der Waals surface area (Å²) in [5.74, 6) is -3.83. The van der Waals surface area contributed by atoms with Crippen molar-refractivity contribution >= 4 is 11.9 Å². The molecule has 0 aromatic heterocycles. The van der Waals surface area contributed by atoms with Crippen molar-refractivity contribution < 1.29 is 24.9 Å². The van der Waals surface area contributed by atoms with Crippen molar-refractivity contribution in [1.82, 2.24) is 0 Å². The molecule has 0 fully saturated rings. The van der Waals surface area contributed by atoms with Gasteiger partial charge in [0.05, 0.1) is 5.92 Å². The zero-order valence-corrected chi connectivity index (χ0v) is 17.5. The summed E-state index contributed by atoms with van der Waals surface area (Å²) in [5, 5.41) is 29.7. The minimum Gasteiger partial charge on any atom is -0.481 e. The summed E-state index contributed by atoms with van der Waals surface area (Å²) in [6.07, 6.45) is 14.6. The first-order valence-electron chi connectivity index (χ1n) is 11.1. The lowest BCUT2D eigenvalue weighted by Crippen LogP contribution is -2.49. The van der Waals surface area contributed by atoms with Gasteiger partial charge in [-0.05, 0) is 19.3 Å². The van der Waals surface area contributed by atoms with Gasteiger partial charge in [-0.25, -0.2) is 4.79 Å². The Bertz CT molecular complexity index is 396. The Balaban J connectivity index is 4.41. The second-order valence-electron chi connectivity index (χ2n) is 7.90. The Morgan fingerprint density at radius 2 is 1.11 bits per heavy atom. The Hall–Kier alpha value is -1.10. The average Bonchev–Trinajstić information content (AvgIpc) is 2.62. The first kappa shape index (κ1) is 25.9. The third-order valence-electron chi connectivity index (χ3n) is 5.50. The van der Waals surface area contributed by atoms with E-state index in [2.05, 4.69) is 13.8 Å². The van der Waals surface area contributed by atoms with Gasteiger partial charge in [0, 0.05) is 0 Å². The Labute approximate surface area is 165 Å². The van der Waals surface area contributed by atoms with Gasteiger partial charge in [-0.1, -0.05) is 97.3 Å². The molecule has 0 spiro atoms. The third-order valence-corrected chi connectivity index (χ3v) is 5.50. The highest BCUT2D eigenvalue weighted by atomic mass is 16.4. The van der Waals surface area contributed by atoms with E-state index in [-0.39, 0.29) is 12.8 Å². The molecule has 5 heteroatoms. The molecule has 0 radical (unpaired) electrons. The lowest BCUT2D eigenvalue weighted by Gasteiger charge is -2.30. The van der Waals surface area contributed by atoms with Gasteiger partial charge in [0.2, 0.25) is 0 Å². The van der Waals surface area contributed by atoms with Gasteiger partial charge in [0.15, 0.2) is 5.60 Å². The number of hydrogen-bond donors (Lipinski definition) is 3. The third kappa shape index (κ3) is 11.4. The van der Waals surface area contributed by atoms with Crippen LogP contribution in [-0.2, 0) is 9.59 Å². The molecule has 27 heavy (non-hydrogen) atoms. The van der Waals surface area contributed by atoms with Crippen LogP contribution in [-0.4, -0.2) is 32.9 Å². The van der Waals surface area contributed by atoms with Gasteiger partial charge in [-0.15, -0.1) is 0 Å². The highest BCUT2D eigenvalue weighted by Gasteiger charge is 2.47. The van der Waals surface area contributed by atoms with E-state index in [0.717, 1.165) is 38.5 Å². The van der Waals surface area contributed by atoms with Crippen LogP contribution in [0.3, 0.4) is 0 Å². The first-order chi connectivity index (χ1) is 12.9. The van der Waals surface area contributed by atoms with Crippen LogP contribution in [0.1, 0.15) is 117 Å². The quantitative estimate of drug-likeness (QED) is 0.244. The molecule has 0 aliphatic rings. The lowest BCUT2D eigenvalue weighted by molar-refractivity contribution is -0.176. The van der Waals surface area contributed by atoms with E-state index < -0.39 is 23.5 Å². The largest absolute Gasteiger partial charge is 0.481 e. The van der Waals surface area contributed by atoms with Gasteiger partial charge < -0.3 is 15.3 Å². The summed E-state index contributed by atoms with van der Waals surface area (Å²) in [6.45, 7) is 4.32. The van der Waals surface area contributed by atoms with Crippen molar-refractivity contribution in [3.05, 3.63) is 0 Å². The van der Waals surface area contributed by atoms with Gasteiger partial charge in [-0.3, -0.25) is 4.79 Å². The molecule has 0 aromatic carbocycles. The fraction of sp³-hybridized carbons (Fsp3) is 0.909. The molecular weight excluding hydrogens is 344 g/mol. The number of unbranched alkanes of at least 4 members (excludes halogenated alkanes) is 12. The first-order valence-corrected chi connectivity index (χ1v) is 11.1. The van der Waals surface area contributed by atoms with Crippen molar-refractivity contribution in [2.45, 2.75) is 122 Å². The van der Waals surface area contributed by atoms with E-state index in [9.17, 15) is 24.9 Å². The predicted molar refractivity (Wildman–Crippen MR) is 109 cm³/mol. The van der Waals surface area contributed by atoms with Gasteiger partial charge in [0.25, 0.3) is 0 Å². The zero-order valence-electron chi connectivity index (χ0n) is 17.5. The van der Waals surface area contributed by atoms with Crippen LogP contribution in [0.4, 0.5) is 0 Å². The molecule has 160 valence electrons. The fourth-order valence-electron chi connectivity index (χ4n) is 3.65. The van der Waals surface area contributed by atoms with E-state index >= 15 is 0 Å². The second-order valence-corrected chi connectivity index (χ2v) is 7.90. The number of rotatable bonds is 19. The normalized spacial score (nSPS) is 14.6. The minimum absolute atomic E-state index is 0.0174. The summed E-state index contributed by atoms with van der Waals surface area (Å²) >= 11 is 0. The smallest absolute Gasteiger partial charge is 0.336 e. The molecule has 0 aliphatic carbocycles. The van der Waals surface area contributed by atoms with Crippen LogP contribution in [0.15, 0.2) is 0 Å². The maximum atomic E-state index is 11.7. The molecular formula is C22H42O5. The topological polar surface area (TPSA) is 94.8 Å². The van der Waals surface area contributed by atoms with Crippen molar-refractivity contribution in [2.24, 2.45) is 5.92 Å². The molecule has 2 atom stereocenters. The summed E-state index contributed by atoms with van der Waals surface area (Å²) < 4.78 is 0. The van der Waals surface area contributed by atoms with E-state index in [0.29, 0.717) is 12.8 Å². The van der Waals surface area contributed by atoms with Crippen LogP contribution in [0.5, 0.6) is 0 Å². The monoisotopic (exact) mass is 386 g/mol. The number of hydrogen-bond acceptors (Lipinski definition) is 3. The molecule has 0 aromatic rings. The number of carboxylic acids is 2. The van der Waals surface area contributed by atoms with Gasteiger partial charge in [-0.2, -0.15) is 0 Å². The highest BCUT2D eigenvalue weighted by molar-refractivity contribution is 5.85. The Morgan fingerprint density at radius 3 is 1.52 bits per heavy atom. The molecule has 0 rings (SSSR count). The number of aliphatic carboxylic acids is 2. The molecule has 2 unspecified atom stereocenters. The molecule has 0 bridgehead atoms. The van der Waals surface area contributed by atoms with Gasteiger partial charge >= 0.3 is 11.9 Å². The Kier molecular flexibility index (Phi) is 15.3. The van der Waals surface area contributed by atoms with E-state index in [1.807, 2.05) is 0 Å². The molecule has 0 aliphatic heterocycles. The summed E-state index contributed by atoms with van der Waals surface area (Å²) in [5.41, 5.74) is -2.16. The molecule has 0 heterocycles. The summed E-state index contributed by atoms with van der Waals surface area (Å²) in [7, 11) is 0. The lowest BCUT2D eigenvalue weighted by atomic mass is 9.79. The number of aliphatic hydroxyl groups is 1. The van der Waals surface area contributed by atoms with Gasteiger partial charge in [0.1, 0.15) is 0 Å². The maximum Gasteiger partial charge on any atom is 0.336 e. The van der Waals surface area contributed by atoms with Crippen LogP contribution in [0.2, 0.25) is 0 Å². The fourth-order valence-corrected chi connectivity index (χ4v) is 3.65. The molecule has 0 saturated carbocycles. The zero-order chi connectivity index (χ0) is 20.5. The van der Waals surface area contributed by atoms with Crippen LogP contribution in [0.25, 0.3) is 0 Å². The molecule has 0 amide bonds. The SMILES string of the molecule is CCCCCCCCCC(C(=O)O)C(O)(CCCCCCCCC)C(=O)O. The van der Waals surface area contributed by atoms with E-state index in [1.165, 1.54) is 38.5 Å². The molecule has 5 nitrogen and oxygen atoms in total. The highest BCUT2D eigenvalue weighted by Crippen LogP contribution is 2.30. The average molecular weight is 387 g/mol. The molecule has 3 N–H and O–H groups in total. The molecule has 0 saturated heterocycles. The van der Waals surface area contributed by atoms with Crippen LogP contribution in [0, 0.1) is 5.92 Å². The second kappa shape index (κ2) is 15.9. The Morgan fingerprint density at radius 1 is 0.704 bits per heavy atom. The number of carbonyl (C=O) groups is 2. The van der Waals surface area contributed by atoms with Crippen molar-refractivity contribution in [3.63, 3.8) is 0 Å². The standard InChI is InChI=1S/C22H42O5/c1-3-5-7-9-11-13-15-17-19(20(23)24)22(27,21(25)26)18-16-14-12-10-8-6-4-2/h19,27H,3-18H2,1-2H3,(H,23,24)(H,25,26). The van der Waals surface area contributed by atoms with Crippen LogP contribution >= 0.6 is 0 Å².